The summed E-state index contributed by atoms with van der Waals surface area (Å²) in [6, 6.07) is 0. The Hall–Kier alpha value is 2.19. The second-order valence-corrected chi connectivity index (χ2v) is 3.34. The van der Waals surface area contributed by atoms with Crippen molar-refractivity contribution in [1.29, 1.82) is 0 Å². The fourth-order valence-electron chi connectivity index (χ4n) is 0. The molecule has 0 unspecified atom stereocenters. The van der Waals surface area contributed by atoms with Crippen molar-refractivity contribution in [1.82, 2.24) is 0 Å². The largest absolute Gasteiger partial charge is 2.00 e. The van der Waals surface area contributed by atoms with Gasteiger partial charge in [-0.25, -0.2) is 4.57 Å². The van der Waals surface area contributed by atoms with Gasteiger partial charge in [0.15, 0.2) is 0 Å². The van der Waals surface area contributed by atoms with Crippen LogP contribution in [0, 0.1) is 0 Å². The van der Waals surface area contributed by atoms with Crippen molar-refractivity contribution in [2.24, 2.45) is 0 Å². The summed E-state index contributed by atoms with van der Waals surface area (Å²) in [6.07, 6.45) is 0. The first-order valence-corrected chi connectivity index (χ1v) is 5.03. The minimum Gasteiger partial charge on any atom is -1.00 e. The Balaban J connectivity index is -0.00000000970. The van der Waals surface area contributed by atoms with Gasteiger partial charge in [0.2, 0.25) is 0 Å². The van der Waals surface area contributed by atoms with E-state index in [9.17, 15) is 0 Å². The maximum Gasteiger partial charge on any atom is 2.00 e. The third-order valence-corrected chi connectivity index (χ3v) is 0. The van der Waals surface area contributed by atoms with Gasteiger partial charge in [-0.3, -0.25) is 0 Å². The van der Waals surface area contributed by atoms with E-state index in [0.29, 0.717) is 0 Å². The van der Waals surface area contributed by atoms with Crippen LogP contribution >= 0.6 is 7.82 Å². The van der Waals surface area contributed by atoms with E-state index in [4.69, 9.17) is 38.4 Å². The van der Waals surface area contributed by atoms with Crippen LogP contribution in [0.5, 0.6) is 0 Å². The number of rotatable bonds is 0. The molecule has 0 aliphatic carbocycles. The van der Waals surface area contributed by atoms with Crippen LogP contribution in [0.15, 0.2) is 0 Å². The molecule has 0 amide bonds. The van der Waals surface area contributed by atoms with Gasteiger partial charge in [0.1, 0.15) is 0 Å². The van der Waals surface area contributed by atoms with E-state index in [1.165, 1.54) is 0 Å². The van der Waals surface area contributed by atoms with Crippen molar-refractivity contribution in [3.05, 3.63) is 0 Å². The van der Waals surface area contributed by atoms with Gasteiger partial charge < -0.3 is 39.6 Å². The van der Waals surface area contributed by atoms with Crippen LogP contribution in [-0.4, -0.2) is 104 Å². The molecule has 0 saturated heterocycles. The van der Waals surface area contributed by atoms with Crippen molar-refractivity contribution >= 4 is 77.7 Å². The number of hydrogen-bond donors (Lipinski definition) is 7. The average Bonchev–Trinajstić information content (AvgIpc) is 1.12. The van der Waals surface area contributed by atoms with E-state index >= 15 is 0 Å². The minimum atomic E-state index is -4.64. The molecule has 0 rings (SSSR count). The van der Waals surface area contributed by atoms with Crippen LogP contribution in [0.2, 0.25) is 0 Å². The fraction of sp³-hybridized carbons (Fsp3) is 0. The van der Waals surface area contributed by atoms with Crippen LogP contribution in [-0.2, 0) is 4.57 Å². The SMILES string of the molecule is O=P(O)(O)O.O[Si](O)(O)O.[Ca+2].[H-].[H-].[H-].[H-].[Mg+2]. The molecule has 0 aliphatic rings. The molecule has 12 heteroatoms. The van der Waals surface area contributed by atoms with Crippen molar-refractivity contribution in [3.8, 4) is 0 Å². The summed E-state index contributed by atoms with van der Waals surface area (Å²) in [5, 5.41) is 0. The summed E-state index contributed by atoms with van der Waals surface area (Å²) in [7, 11) is -9.25. The standard InChI is InChI=1S/Ca.Mg.H3O4P.H4O4Si.4H/c;;2*1-5(2,3)4;;;;/h;;(H3,1,2,3,4);1-4H;;;;/q2*+2;;;4*-1. The molecule has 0 heterocycles. The van der Waals surface area contributed by atoms with Crippen molar-refractivity contribution in [3.63, 3.8) is 0 Å². The van der Waals surface area contributed by atoms with E-state index in [-0.39, 0.29) is 66.5 Å². The fourth-order valence-corrected chi connectivity index (χ4v) is 0. The minimum absolute atomic E-state index is 0. The third kappa shape index (κ3) is 318. The zero-order valence-electron chi connectivity index (χ0n) is 9.90. The summed E-state index contributed by atoms with van der Waals surface area (Å²) in [5.41, 5.74) is 0. The molecule has 0 bridgehead atoms. The van der Waals surface area contributed by atoms with E-state index in [1.807, 2.05) is 0 Å². The van der Waals surface area contributed by atoms with Crippen molar-refractivity contribution in [2.45, 2.75) is 0 Å². The molecule has 8 nitrogen and oxygen atoms in total. The Morgan fingerprint density at radius 3 is 1.00 bits per heavy atom. The predicted molar refractivity (Wildman–Crippen MR) is 44.8 cm³/mol. The normalized spacial score (nSPS) is 9.92. The predicted octanol–water partition coefficient (Wildman–Crippen LogP) is -3.85. The Kier molecular flexibility index (Phi) is 19.3. The van der Waals surface area contributed by atoms with E-state index < -0.39 is 16.9 Å². The second-order valence-electron chi connectivity index (χ2n) is 1.11. The Morgan fingerprint density at radius 2 is 1.00 bits per heavy atom. The van der Waals surface area contributed by atoms with Gasteiger partial charge in [0.05, 0.1) is 0 Å². The van der Waals surface area contributed by atoms with Crippen LogP contribution in [0.4, 0.5) is 0 Å². The van der Waals surface area contributed by atoms with E-state index in [0.717, 1.165) is 0 Å². The molecule has 0 aliphatic heterocycles. The Morgan fingerprint density at radius 1 is 1.00 bits per heavy atom. The van der Waals surface area contributed by atoms with Gasteiger partial charge in [-0.1, -0.05) is 0 Å². The molecule has 0 spiro atoms. The van der Waals surface area contributed by atoms with Crippen molar-refractivity contribution in [2.75, 3.05) is 0 Å². The third-order valence-electron chi connectivity index (χ3n) is 0. The summed E-state index contributed by atoms with van der Waals surface area (Å²) >= 11 is 0. The maximum absolute atomic E-state index is 8.88. The second kappa shape index (κ2) is 9.74. The average molecular weight is 263 g/mol. The van der Waals surface area contributed by atoms with Crippen molar-refractivity contribution < 1.29 is 44.1 Å². The van der Waals surface area contributed by atoms with E-state index in [2.05, 4.69) is 0 Å². The zero-order valence-corrected chi connectivity index (χ0v) is 11.4. The van der Waals surface area contributed by atoms with Gasteiger partial charge >= 0.3 is 77.7 Å². The molecular weight excluding hydrogens is 251 g/mol. The molecule has 0 saturated carbocycles. The van der Waals surface area contributed by atoms with Gasteiger partial charge in [-0.15, -0.1) is 0 Å². The topological polar surface area (TPSA) is 159 Å². The molecule has 0 fully saturated rings. The monoisotopic (exact) mass is 262 g/mol. The Labute approximate surface area is 121 Å². The molecule has 72 valence electrons. The van der Waals surface area contributed by atoms with Crippen LogP contribution in [0.25, 0.3) is 0 Å². The first kappa shape index (κ1) is 23.8. The molecule has 0 aromatic carbocycles. The number of hydrogen-bond acceptors (Lipinski definition) is 5. The summed E-state index contributed by atoms with van der Waals surface area (Å²) < 4.78 is 8.88. The molecule has 7 N–H and O–H groups in total. The van der Waals surface area contributed by atoms with Gasteiger partial charge in [-0.2, -0.15) is 0 Å². The summed E-state index contributed by atoms with van der Waals surface area (Å²) in [5.74, 6) is 0. The first-order chi connectivity index (χ1) is 4.00. The molecule has 0 aromatic rings. The zero-order chi connectivity index (χ0) is 9.00. The molecule has 0 radical (unpaired) electrons. The quantitative estimate of drug-likeness (QED) is 0.173. The molecule has 12 heavy (non-hydrogen) atoms. The Bertz CT molecular complexity index is 124. The summed E-state index contributed by atoms with van der Waals surface area (Å²) in [6.45, 7) is 0. The summed E-state index contributed by atoms with van der Waals surface area (Å²) in [4.78, 5) is 50.9. The molecular formula is H11CaMgO8PSi. The number of phosphoric acid groups is 1. The smallest absolute Gasteiger partial charge is 1.00 e. The maximum atomic E-state index is 8.88. The first-order valence-electron chi connectivity index (χ1n) is 1.68. The van der Waals surface area contributed by atoms with Crippen LogP contribution in [0.1, 0.15) is 5.71 Å². The van der Waals surface area contributed by atoms with Crippen LogP contribution in [0.3, 0.4) is 0 Å². The van der Waals surface area contributed by atoms with Gasteiger partial charge in [0.25, 0.3) is 0 Å². The van der Waals surface area contributed by atoms with Crippen LogP contribution < -0.4 is 0 Å². The van der Waals surface area contributed by atoms with Gasteiger partial charge in [0, 0.05) is 0 Å². The van der Waals surface area contributed by atoms with E-state index in [1.54, 1.807) is 0 Å². The molecule has 0 aromatic heterocycles. The molecule has 0 atom stereocenters. The van der Waals surface area contributed by atoms with Gasteiger partial charge in [-0.05, 0) is 0 Å².